The summed E-state index contributed by atoms with van der Waals surface area (Å²) in [4.78, 5) is 4.44. The second-order valence-corrected chi connectivity index (χ2v) is 5.40. The summed E-state index contributed by atoms with van der Waals surface area (Å²) in [6.07, 6.45) is 1.91. The number of hydrogen-bond acceptors (Lipinski definition) is 4. The van der Waals surface area contributed by atoms with Crippen molar-refractivity contribution < 1.29 is 4.52 Å². The van der Waals surface area contributed by atoms with Crippen LogP contribution in [-0.4, -0.2) is 19.9 Å². The van der Waals surface area contributed by atoms with Crippen molar-refractivity contribution in [1.82, 2.24) is 19.9 Å². The predicted octanol–water partition coefficient (Wildman–Crippen LogP) is 3.61. The van der Waals surface area contributed by atoms with E-state index in [4.69, 9.17) is 4.52 Å². The van der Waals surface area contributed by atoms with Gasteiger partial charge >= 0.3 is 0 Å². The van der Waals surface area contributed by atoms with Crippen molar-refractivity contribution in [3.63, 3.8) is 0 Å². The van der Waals surface area contributed by atoms with Crippen molar-refractivity contribution in [3.8, 4) is 11.4 Å². The molecule has 0 aliphatic rings. The number of aryl methyl sites for hydroxylation is 1. The highest BCUT2D eigenvalue weighted by molar-refractivity contribution is 9.10. The van der Waals surface area contributed by atoms with Crippen LogP contribution in [0.4, 0.5) is 0 Å². The van der Waals surface area contributed by atoms with Gasteiger partial charge in [-0.3, -0.25) is 4.68 Å². The summed E-state index contributed by atoms with van der Waals surface area (Å²) in [7, 11) is 0. The lowest BCUT2D eigenvalue weighted by Gasteiger charge is -2.05. The smallest absolute Gasteiger partial charge is 0.251 e. The van der Waals surface area contributed by atoms with Crippen molar-refractivity contribution in [3.05, 3.63) is 52.6 Å². The molecule has 0 amide bonds. The minimum Gasteiger partial charge on any atom is -0.337 e. The molecule has 1 aromatic carbocycles. The van der Waals surface area contributed by atoms with Gasteiger partial charge in [-0.1, -0.05) is 35.5 Å². The molecule has 5 nitrogen and oxygen atoms in total. The first-order valence-corrected chi connectivity index (χ1v) is 7.04. The molecule has 0 saturated carbocycles. The number of hydrogen-bond donors (Lipinski definition) is 0. The van der Waals surface area contributed by atoms with Gasteiger partial charge in [-0.2, -0.15) is 10.1 Å². The third kappa shape index (κ3) is 2.38. The van der Waals surface area contributed by atoms with E-state index in [9.17, 15) is 0 Å². The van der Waals surface area contributed by atoms with Gasteiger partial charge in [-0.25, -0.2) is 0 Å². The zero-order chi connectivity index (χ0) is 14.1. The Hall–Kier alpha value is -1.95. The average molecular weight is 333 g/mol. The minimum atomic E-state index is -0.107. The SMILES string of the molecule is Cc1nn(C(C)c2nc(-c3ccccc3)no2)cc1Br. The lowest BCUT2D eigenvalue weighted by atomic mass is 10.2. The summed E-state index contributed by atoms with van der Waals surface area (Å²) >= 11 is 3.45. The van der Waals surface area contributed by atoms with Crippen molar-refractivity contribution >= 4 is 15.9 Å². The van der Waals surface area contributed by atoms with Gasteiger partial charge in [0.25, 0.3) is 5.89 Å². The van der Waals surface area contributed by atoms with Gasteiger partial charge in [-0.05, 0) is 29.8 Å². The molecular formula is C14H13BrN4O. The number of halogens is 1. The van der Waals surface area contributed by atoms with Crippen LogP contribution in [0.25, 0.3) is 11.4 Å². The van der Waals surface area contributed by atoms with Crippen LogP contribution in [0.15, 0.2) is 45.5 Å². The molecule has 0 N–H and O–H groups in total. The maximum absolute atomic E-state index is 5.35. The Labute approximate surface area is 124 Å². The van der Waals surface area contributed by atoms with E-state index in [1.165, 1.54) is 0 Å². The Kier molecular flexibility index (Phi) is 3.40. The molecule has 0 aliphatic heterocycles. The number of rotatable bonds is 3. The van der Waals surface area contributed by atoms with Crippen LogP contribution in [0.2, 0.25) is 0 Å². The van der Waals surface area contributed by atoms with Crippen LogP contribution in [0.5, 0.6) is 0 Å². The van der Waals surface area contributed by atoms with Crippen LogP contribution >= 0.6 is 15.9 Å². The van der Waals surface area contributed by atoms with E-state index in [-0.39, 0.29) is 6.04 Å². The Morgan fingerprint density at radius 3 is 2.65 bits per heavy atom. The Bertz CT molecular complexity index is 700. The zero-order valence-electron chi connectivity index (χ0n) is 11.1. The van der Waals surface area contributed by atoms with Gasteiger partial charge in [0.15, 0.2) is 0 Å². The van der Waals surface area contributed by atoms with E-state index < -0.39 is 0 Å². The van der Waals surface area contributed by atoms with Gasteiger partial charge in [0, 0.05) is 11.8 Å². The first-order valence-electron chi connectivity index (χ1n) is 6.25. The Morgan fingerprint density at radius 2 is 2.00 bits per heavy atom. The van der Waals surface area contributed by atoms with E-state index >= 15 is 0 Å². The quantitative estimate of drug-likeness (QED) is 0.735. The van der Waals surface area contributed by atoms with Crippen molar-refractivity contribution in [2.24, 2.45) is 0 Å². The first kappa shape index (κ1) is 13.1. The minimum absolute atomic E-state index is 0.107. The molecule has 1 unspecified atom stereocenters. The largest absolute Gasteiger partial charge is 0.337 e. The van der Waals surface area contributed by atoms with Crippen molar-refractivity contribution in [2.75, 3.05) is 0 Å². The van der Waals surface area contributed by atoms with Crippen molar-refractivity contribution in [1.29, 1.82) is 0 Å². The maximum atomic E-state index is 5.35. The standard InChI is InChI=1S/C14H13BrN4O/c1-9-12(15)8-19(17-9)10(2)14-16-13(18-20-14)11-6-4-3-5-7-11/h3-8,10H,1-2H3. The molecule has 6 heteroatoms. The van der Waals surface area contributed by atoms with E-state index in [2.05, 4.69) is 31.2 Å². The third-order valence-corrected chi connectivity index (χ3v) is 3.86. The van der Waals surface area contributed by atoms with E-state index in [1.54, 1.807) is 0 Å². The van der Waals surface area contributed by atoms with E-state index in [1.807, 2.05) is 55.1 Å². The van der Waals surface area contributed by atoms with Crippen LogP contribution < -0.4 is 0 Å². The predicted molar refractivity (Wildman–Crippen MR) is 78.2 cm³/mol. The molecule has 1 atom stereocenters. The monoisotopic (exact) mass is 332 g/mol. The fourth-order valence-electron chi connectivity index (χ4n) is 1.88. The summed E-state index contributed by atoms with van der Waals surface area (Å²) in [6, 6.07) is 9.65. The van der Waals surface area contributed by atoms with Crippen LogP contribution in [0.3, 0.4) is 0 Å². The summed E-state index contributed by atoms with van der Waals surface area (Å²) < 4.78 is 8.12. The molecule has 0 fully saturated rings. The Morgan fingerprint density at radius 1 is 1.25 bits per heavy atom. The molecule has 0 spiro atoms. The molecule has 0 radical (unpaired) electrons. The van der Waals surface area contributed by atoms with Crippen LogP contribution in [0.1, 0.15) is 24.6 Å². The molecule has 102 valence electrons. The number of benzene rings is 1. The highest BCUT2D eigenvalue weighted by Gasteiger charge is 2.18. The van der Waals surface area contributed by atoms with Crippen LogP contribution in [0, 0.1) is 6.92 Å². The first-order chi connectivity index (χ1) is 9.65. The molecule has 3 aromatic rings. The fraction of sp³-hybridized carbons (Fsp3) is 0.214. The fourth-order valence-corrected chi connectivity index (χ4v) is 2.17. The summed E-state index contributed by atoms with van der Waals surface area (Å²) in [5.74, 6) is 1.13. The second-order valence-electron chi connectivity index (χ2n) is 4.54. The molecule has 0 saturated heterocycles. The van der Waals surface area contributed by atoms with Gasteiger partial charge in [-0.15, -0.1) is 0 Å². The highest BCUT2D eigenvalue weighted by Crippen LogP contribution is 2.23. The zero-order valence-corrected chi connectivity index (χ0v) is 12.7. The van der Waals surface area contributed by atoms with E-state index in [0.717, 1.165) is 15.7 Å². The van der Waals surface area contributed by atoms with Gasteiger partial charge in [0.05, 0.1) is 10.2 Å². The summed E-state index contributed by atoms with van der Waals surface area (Å²) in [5.41, 5.74) is 1.87. The molecule has 2 heterocycles. The Balaban J connectivity index is 1.90. The van der Waals surface area contributed by atoms with Crippen LogP contribution in [-0.2, 0) is 0 Å². The van der Waals surface area contributed by atoms with Gasteiger partial charge in [0.2, 0.25) is 5.82 Å². The highest BCUT2D eigenvalue weighted by atomic mass is 79.9. The number of aromatic nitrogens is 4. The third-order valence-electron chi connectivity index (χ3n) is 3.08. The summed E-state index contributed by atoms with van der Waals surface area (Å²) in [6.45, 7) is 3.91. The lowest BCUT2D eigenvalue weighted by Crippen LogP contribution is -2.07. The lowest BCUT2D eigenvalue weighted by molar-refractivity contribution is 0.336. The van der Waals surface area contributed by atoms with Gasteiger partial charge < -0.3 is 4.52 Å². The average Bonchev–Trinajstić information content (AvgIpc) is 3.07. The molecular weight excluding hydrogens is 320 g/mol. The number of nitrogens with zero attached hydrogens (tertiary/aromatic N) is 4. The summed E-state index contributed by atoms with van der Waals surface area (Å²) in [5, 5.41) is 8.43. The molecule has 0 aliphatic carbocycles. The maximum Gasteiger partial charge on any atom is 0.251 e. The normalized spacial score (nSPS) is 12.6. The topological polar surface area (TPSA) is 56.7 Å². The van der Waals surface area contributed by atoms with E-state index in [0.29, 0.717) is 11.7 Å². The molecule has 2 aromatic heterocycles. The molecule has 20 heavy (non-hydrogen) atoms. The molecule has 3 rings (SSSR count). The van der Waals surface area contributed by atoms with Gasteiger partial charge in [0.1, 0.15) is 6.04 Å². The molecule has 0 bridgehead atoms. The second kappa shape index (κ2) is 5.20. The van der Waals surface area contributed by atoms with Crippen molar-refractivity contribution in [2.45, 2.75) is 19.9 Å².